The molecular formula is C24H24N4O3. The minimum Gasteiger partial charge on any atom is -0.488 e. The summed E-state index contributed by atoms with van der Waals surface area (Å²) in [6.07, 6.45) is 0.437. The van der Waals surface area contributed by atoms with Gasteiger partial charge in [-0.05, 0) is 38.0 Å². The Labute approximate surface area is 179 Å². The number of aliphatic hydroxyl groups excluding tert-OH is 1. The normalized spacial score (nSPS) is 20.4. The second kappa shape index (κ2) is 6.85. The number of aliphatic hydroxyl groups is 1. The zero-order valence-corrected chi connectivity index (χ0v) is 17.6. The predicted octanol–water partition coefficient (Wildman–Crippen LogP) is 3.86. The second-order valence-electron chi connectivity index (χ2n) is 8.42. The number of β-amino-alcohol motifs (C(OH)–C–C–N with tert-alkyl or cyclic N) is 1. The molecule has 2 aliphatic rings. The van der Waals surface area contributed by atoms with Crippen molar-refractivity contribution in [2.75, 3.05) is 24.6 Å². The molecule has 2 atom stereocenters. The molecule has 7 nitrogen and oxygen atoms in total. The molecule has 2 aromatic heterocycles. The van der Waals surface area contributed by atoms with E-state index in [1.807, 2.05) is 32.0 Å². The topological polar surface area (TPSA) is 76.5 Å². The maximum absolute atomic E-state index is 10.2. The Balaban J connectivity index is 1.62. The maximum atomic E-state index is 10.2. The van der Waals surface area contributed by atoms with E-state index in [2.05, 4.69) is 38.9 Å². The summed E-state index contributed by atoms with van der Waals surface area (Å²) >= 11 is 0. The smallest absolute Gasteiger partial charge is 0.207 e. The molecule has 158 valence electrons. The highest BCUT2D eigenvalue weighted by atomic mass is 16.5. The molecule has 4 aromatic rings. The Kier molecular flexibility index (Phi) is 4.08. The van der Waals surface area contributed by atoms with Gasteiger partial charge >= 0.3 is 0 Å². The van der Waals surface area contributed by atoms with Crippen LogP contribution in [0, 0.1) is 13.8 Å². The van der Waals surface area contributed by atoms with Crippen molar-refractivity contribution in [3.05, 3.63) is 59.5 Å². The minimum atomic E-state index is -0.319. The molecule has 1 fully saturated rings. The highest BCUT2D eigenvalue weighted by molar-refractivity contribution is 5.94. The van der Waals surface area contributed by atoms with Gasteiger partial charge in [-0.15, -0.1) is 0 Å². The predicted molar refractivity (Wildman–Crippen MR) is 118 cm³/mol. The summed E-state index contributed by atoms with van der Waals surface area (Å²) in [5.74, 6) is 2.48. The summed E-state index contributed by atoms with van der Waals surface area (Å²) in [6, 6.07) is 14.5. The van der Waals surface area contributed by atoms with E-state index in [1.54, 1.807) is 0 Å². The van der Waals surface area contributed by atoms with Gasteiger partial charge in [-0.1, -0.05) is 35.5 Å². The van der Waals surface area contributed by atoms with Crippen molar-refractivity contribution < 1.29 is 14.4 Å². The van der Waals surface area contributed by atoms with E-state index in [0.29, 0.717) is 13.2 Å². The molecule has 7 heteroatoms. The number of ether oxygens (including phenoxy) is 1. The Hall–Kier alpha value is -3.32. The summed E-state index contributed by atoms with van der Waals surface area (Å²) in [6.45, 7) is 5.77. The van der Waals surface area contributed by atoms with Crippen LogP contribution >= 0.6 is 0 Å². The average molecular weight is 416 g/mol. The first-order valence-electron chi connectivity index (χ1n) is 10.7. The van der Waals surface area contributed by atoms with Crippen LogP contribution in [0.3, 0.4) is 0 Å². The lowest BCUT2D eigenvalue weighted by molar-refractivity contribution is 0.198. The van der Waals surface area contributed by atoms with E-state index in [0.717, 1.165) is 58.3 Å². The first kappa shape index (κ1) is 18.4. The molecule has 4 heterocycles. The van der Waals surface area contributed by atoms with Crippen molar-refractivity contribution in [1.29, 1.82) is 0 Å². The van der Waals surface area contributed by atoms with Gasteiger partial charge in [0.05, 0.1) is 28.9 Å². The number of hydrogen-bond acceptors (Lipinski definition) is 6. The third-order valence-electron chi connectivity index (χ3n) is 6.42. The average Bonchev–Trinajstić information content (AvgIpc) is 3.48. The maximum Gasteiger partial charge on any atom is 0.207 e. The number of imidazole rings is 1. The number of anilines is 1. The van der Waals surface area contributed by atoms with Crippen molar-refractivity contribution in [2.45, 2.75) is 32.4 Å². The zero-order valence-electron chi connectivity index (χ0n) is 17.6. The Bertz CT molecular complexity index is 1260. The van der Waals surface area contributed by atoms with Gasteiger partial charge in [-0.2, -0.15) is 0 Å². The SMILES string of the molecule is Cc1noc(C)c1-c1ccc2nc(N3CCC(O)C3)n3c2c1OCC3c1ccccc1. The van der Waals surface area contributed by atoms with Crippen LogP contribution in [0.25, 0.3) is 22.2 Å². The van der Waals surface area contributed by atoms with Crippen molar-refractivity contribution in [3.63, 3.8) is 0 Å². The summed E-state index contributed by atoms with van der Waals surface area (Å²) in [5, 5.41) is 14.3. The van der Waals surface area contributed by atoms with Crippen molar-refractivity contribution >= 4 is 17.0 Å². The van der Waals surface area contributed by atoms with Crippen molar-refractivity contribution in [3.8, 4) is 16.9 Å². The highest BCUT2D eigenvalue weighted by Gasteiger charge is 2.34. The van der Waals surface area contributed by atoms with Gasteiger partial charge in [0.15, 0.2) is 5.75 Å². The molecule has 0 spiro atoms. The standard InChI is InChI=1S/C24H24N4O3/c1-14-21(15(2)31-26-14)18-8-9-19-22-23(18)30-13-20(16-6-4-3-5-7-16)28(22)24(25-19)27-11-10-17(29)12-27/h3-9,17,20,29H,10-13H2,1-2H3. The molecule has 31 heavy (non-hydrogen) atoms. The fourth-order valence-corrected chi connectivity index (χ4v) is 4.95. The first-order valence-corrected chi connectivity index (χ1v) is 10.7. The number of benzene rings is 2. The fraction of sp³-hybridized carbons (Fsp3) is 0.333. The molecule has 2 aromatic carbocycles. The van der Waals surface area contributed by atoms with Gasteiger partial charge in [0.25, 0.3) is 0 Å². The number of hydrogen-bond donors (Lipinski definition) is 1. The zero-order chi connectivity index (χ0) is 21.1. The van der Waals surface area contributed by atoms with E-state index in [4.69, 9.17) is 14.2 Å². The van der Waals surface area contributed by atoms with Crippen molar-refractivity contribution in [2.24, 2.45) is 0 Å². The number of rotatable bonds is 3. The van der Waals surface area contributed by atoms with E-state index >= 15 is 0 Å². The Morgan fingerprint density at radius 3 is 2.65 bits per heavy atom. The molecule has 2 aliphatic heterocycles. The monoisotopic (exact) mass is 416 g/mol. The van der Waals surface area contributed by atoms with Gasteiger partial charge in [0, 0.05) is 18.7 Å². The van der Waals surface area contributed by atoms with Crippen LogP contribution in [0.5, 0.6) is 5.75 Å². The Morgan fingerprint density at radius 1 is 1.10 bits per heavy atom. The lowest BCUT2D eigenvalue weighted by atomic mass is 10.00. The molecule has 0 amide bonds. The van der Waals surface area contributed by atoms with Gasteiger partial charge in [-0.3, -0.25) is 4.57 Å². The fourth-order valence-electron chi connectivity index (χ4n) is 4.95. The third kappa shape index (κ3) is 2.76. The minimum absolute atomic E-state index is 0.00589. The molecule has 0 aliphatic carbocycles. The van der Waals surface area contributed by atoms with E-state index in [9.17, 15) is 5.11 Å². The van der Waals surface area contributed by atoms with E-state index in [-0.39, 0.29) is 12.1 Å². The summed E-state index contributed by atoms with van der Waals surface area (Å²) < 4.78 is 14.2. The van der Waals surface area contributed by atoms with Crippen LogP contribution in [0.4, 0.5) is 5.95 Å². The molecular weight excluding hydrogens is 392 g/mol. The van der Waals surface area contributed by atoms with Crippen LogP contribution in [0.2, 0.25) is 0 Å². The van der Waals surface area contributed by atoms with Gasteiger partial charge in [0.1, 0.15) is 17.9 Å². The first-order chi connectivity index (χ1) is 15.1. The second-order valence-corrected chi connectivity index (χ2v) is 8.42. The summed E-state index contributed by atoms with van der Waals surface area (Å²) in [4.78, 5) is 7.19. The highest BCUT2D eigenvalue weighted by Crippen LogP contribution is 2.46. The quantitative estimate of drug-likeness (QED) is 0.547. The lowest BCUT2D eigenvalue weighted by Gasteiger charge is -2.30. The summed E-state index contributed by atoms with van der Waals surface area (Å²) in [7, 11) is 0. The number of nitrogens with zero attached hydrogens (tertiary/aromatic N) is 4. The lowest BCUT2D eigenvalue weighted by Crippen LogP contribution is -2.30. The van der Waals surface area contributed by atoms with Crippen LogP contribution in [-0.4, -0.2) is 45.6 Å². The molecule has 6 rings (SSSR count). The molecule has 0 radical (unpaired) electrons. The van der Waals surface area contributed by atoms with Crippen molar-refractivity contribution in [1.82, 2.24) is 14.7 Å². The van der Waals surface area contributed by atoms with Crippen LogP contribution in [0.15, 0.2) is 47.0 Å². The van der Waals surface area contributed by atoms with Crippen LogP contribution in [-0.2, 0) is 0 Å². The van der Waals surface area contributed by atoms with Crippen LogP contribution in [0.1, 0.15) is 29.5 Å². The molecule has 2 unspecified atom stereocenters. The molecule has 0 bridgehead atoms. The van der Waals surface area contributed by atoms with E-state index < -0.39 is 0 Å². The number of aromatic nitrogens is 3. The number of aryl methyl sites for hydroxylation is 2. The van der Waals surface area contributed by atoms with Gasteiger partial charge in [-0.25, -0.2) is 4.98 Å². The Morgan fingerprint density at radius 2 is 1.94 bits per heavy atom. The van der Waals surface area contributed by atoms with Gasteiger partial charge < -0.3 is 19.3 Å². The van der Waals surface area contributed by atoms with Crippen LogP contribution < -0.4 is 9.64 Å². The molecule has 0 saturated carbocycles. The molecule has 1 N–H and O–H groups in total. The van der Waals surface area contributed by atoms with E-state index in [1.165, 1.54) is 5.56 Å². The summed E-state index contributed by atoms with van der Waals surface area (Å²) in [5.41, 5.74) is 5.84. The largest absolute Gasteiger partial charge is 0.488 e. The third-order valence-corrected chi connectivity index (χ3v) is 6.42. The van der Waals surface area contributed by atoms with Gasteiger partial charge in [0.2, 0.25) is 5.95 Å². The molecule has 1 saturated heterocycles.